The van der Waals surface area contributed by atoms with Gasteiger partial charge < -0.3 is 5.11 Å². The smallest absolute Gasteiger partial charge is 0.327 e. The molecule has 0 radical (unpaired) electrons. The third kappa shape index (κ3) is 2.81. The van der Waals surface area contributed by atoms with Gasteiger partial charge in [-0.15, -0.1) is 0 Å². The van der Waals surface area contributed by atoms with Crippen molar-refractivity contribution in [2.45, 2.75) is 26.0 Å². The highest BCUT2D eigenvalue weighted by Gasteiger charge is 2.19. The van der Waals surface area contributed by atoms with E-state index in [2.05, 4.69) is 9.97 Å². The first kappa shape index (κ1) is 16.6. The normalized spacial score (nSPS) is 12.7. The fourth-order valence-electron chi connectivity index (χ4n) is 2.54. The zero-order valence-electron chi connectivity index (χ0n) is 12.7. The number of nitrogens with zero attached hydrogens (tertiary/aromatic N) is 2. The largest absolute Gasteiger partial charge is 0.391 e. The molecule has 0 bridgehead atoms. The number of halogens is 3. The van der Waals surface area contributed by atoms with Gasteiger partial charge in [-0.05, 0) is 24.1 Å². The summed E-state index contributed by atoms with van der Waals surface area (Å²) in [6.07, 6.45) is 1.04. The SMILES string of the molecule is CCC(O)Cn1c(=O)[nH]c2ncc(Cl)c(-c3ccc(F)c(F)c3)c21. The molecule has 1 atom stereocenters. The molecule has 0 aliphatic carbocycles. The van der Waals surface area contributed by atoms with Crippen molar-refractivity contribution in [2.24, 2.45) is 0 Å². The van der Waals surface area contributed by atoms with E-state index in [1.807, 2.05) is 0 Å². The number of aromatic amines is 1. The monoisotopic (exact) mass is 353 g/mol. The van der Waals surface area contributed by atoms with Crippen LogP contribution in [0.3, 0.4) is 0 Å². The zero-order valence-corrected chi connectivity index (χ0v) is 13.4. The fraction of sp³-hybridized carbons (Fsp3) is 0.250. The second kappa shape index (κ2) is 6.33. The van der Waals surface area contributed by atoms with Gasteiger partial charge in [0.25, 0.3) is 0 Å². The van der Waals surface area contributed by atoms with E-state index in [1.54, 1.807) is 6.92 Å². The second-order valence-electron chi connectivity index (χ2n) is 5.41. The summed E-state index contributed by atoms with van der Waals surface area (Å²) in [7, 11) is 0. The van der Waals surface area contributed by atoms with E-state index in [0.717, 1.165) is 12.1 Å². The molecule has 0 aliphatic rings. The molecule has 0 amide bonds. The van der Waals surface area contributed by atoms with Crippen molar-refractivity contribution in [2.75, 3.05) is 0 Å². The van der Waals surface area contributed by atoms with E-state index in [-0.39, 0.29) is 17.2 Å². The van der Waals surface area contributed by atoms with Crippen molar-refractivity contribution in [3.63, 3.8) is 0 Å². The van der Waals surface area contributed by atoms with E-state index in [0.29, 0.717) is 23.1 Å². The third-order valence-corrected chi connectivity index (χ3v) is 4.11. The molecule has 0 saturated heterocycles. The number of imidazole rings is 1. The number of fused-ring (bicyclic) bond motifs is 1. The predicted octanol–water partition coefficient (Wildman–Crippen LogP) is 3.09. The fourth-order valence-corrected chi connectivity index (χ4v) is 2.79. The van der Waals surface area contributed by atoms with Crippen molar-refractivity contribution >= 4 is 22.8 Å². The number of aromatic nitrogens is 3. The molecular weight excluding hydrogens is 340 g/mol. The summed E-state index contributed by atoms with van der Waals surface area (Å²) in [5.41, 5.74) is 0.793. The summed E-state index contributed by atoms with van der Waals surface area (Å²) < 4.78 is 28.1. The summed E-state index contributed by atoms with van der Waals surface area (Å²) in [6, 6.07) is 3.37. The summed E-state index contributed by atoms with van der Waals surface area (Å²) in [5, 5.41) is 10.1. The van der Waals surface area contributed by atoms with Crippen molar-refractivity contribution in [3.05, 3.63) is 51.5 Å². The van der Waals surface area contributed by atoms with Crippen LogP contribution in [0.15, 0.2) is 29.2 Å². The average molecular weight is 354 g/mol. The minimum Gasteiger partial charge on any atom is -0.391 e. The molecule has 8 heteroatoms. The Balaban J connectivity index is 2.31. The molecule has 2 N–H and O–H groups in total. The molecule has 2 heterocycles. The van der Waals surface area contributed by atoms with Gasteiger partial charge in [0, 0.05) is 11.8 Å². The van der Waals surface area contributed by atoms with E-state index in [9.17, 15) is 18.7 Å². The molecule has 1 aromatic carbocycles. The van der Waals surface area contributed by atoms with Gasteiger partial charge in [0.05, 0.1) is 23.2 Å². The van der Waals surface area contributed by atoms with Gasteiger partial charge in [-0.1, -0.05) is 24.6 Å². The van der Waals surface area contributed by atoms with Crippen molar-refractivity contribution in [3.8, 4) is 11.1 Å². The minimum atomic E-state index is -1.02. The lowest BCUT2D eigenvalue weighted by Crippen LogP contribution is -2.24. The first-order valence-corrected chi connectivity index (χ1v) is 7.70. The number of pyridine rings is 1. The lowest BCUT2D eigenvalue weighted by molar-refractivity contribution is 0.150. The quantitative estimate of drug-likeness (QED) is 0.757. The van der Waals surface area contributed by atoms with E-state index < -0.39 is 23.4 Å². The Labute approximate surface area is 140 Å². The molecule has 0 fully saturated rings. The molecule has 0 aliphatic heterocycles. The van der Waals surface area contributed by atoms with Crippen LogP contribution in [0.1, 0.15) is 13.3 Å². The standard InChI is InChI=1S/C16H14ClF2N3O2/c1-2-9(23)7-22-14-13(8-3-4-11(18)12(19)5-8)10(17)6-20-15(14)21-16(22)24/h3-6,9,23H,2,7H2,1H3,(H,20,21,24). The van der Waals surface area contributed by atoms with Crippen molar-refractivity contribution in [1.29, 1.82) is 0 Å². The summed E-state index contributed by atoms with van der Waals surface area (Å²) >= 11 is 6.21. The van der Waals surface area contributed by atoms with Crippen LogP contribution in [0, 0.1) is 11.6 Å². The number of nitrogens with one attached hydrogen (secondary N) is 1. The van der Waals surface area contributed by atoms with Gasteiger partial charge in [-0.2, -0.15) is 0 Å². The van der Waals surface area contributed by atoms with Gasteiger partial charge in [0.15, 0.2) is 17.3 Å². The maximum Gasteiger partial charge on any atom is 0.327 e. The number of benzene rings is 1. The average Bonchev–Trinajstić information content (AvgIpc) is 2.86. The van der Waals surface area contributed by atoms with Gasteiger partial charge in [-0.25, -0.2) is 18.6 Å². The first-order chi connectivity index (χ1) is 11.4. The van der Waals surface area contributed by atoms with Gasteiger partial charge in [0.1, 0.15) is 0 Å². The molecule has 0 saturated carbocycles. The van der Waals surface area contributed by atoms with Gasteiger partial charge in [0.2, 0.25) is 0 Å². The molecular formula is C16H14ClF2N3O2. The summed E-state index contributed by atoms with van der Waals surface area (Å²) in [4.78, 5) is 18.8. The highest BCUT2D eigenvalue weighted by atomic mass is 35.5. The molecule has 2 aromatic heterocycles. The van der Waals surface area contributed by atoms with E-state index in [4.69, 9.17) is 11.6 Å². The predicted molar refractivity (Wildman–Crippen MR) is 87.0 cm³/mol. The molecule has 5 nitrogen and oxygen atoms in total. The number of aliphatic hydroxyl groups excluding tert-OH is 1. The first-order valence-electron chi connectivity index (χ1n) is 7.32. The molecule has 1 unspecified atom stereocenters. The number of hydrogen-bond donors (Lipinski definition) is 2. The maximum absolute atomic E-state index is 13.6. The second-order valence-corrected chi connectivity index (χ2v) is 5.82. The van der Waals surface area contributed by atoms with Crippen LogP contribution in [0.4, 0.5) is 8.78 Å². The van der Waals surface area contributed by atoms with Crippen LogP contribution < -0.4 is 5.69 Å². The zero-order chi connectivity index (χ0) is 17.4. The number of H-pyrrole nitrogens is 1. The Morgan fingerprint density at radius 2 is 2.12 bits per heavy atom. The topological polar surface area (TPSA) is 70.9 Å². The molecule has 24 heavy (non-hydrogen) atoms. The summed E-state index contributed by atoms with van der Waals surface area (Å²) in [6.45, 7) is 1.82. The summed E-state index contributed by atoms with van der Waals surface area (Å²) in [5.74, 6) is -2.00. The van der Waals surface area contributed by atoms with Crippen LogP contribution in [-0.2, 0) is 6.54 Å². The Kier molecular flexibility index (Phi) is 4.38. The highest BCUT2D eigenvalue weighted by molar-refractivity contribution is 6.34. The Hall–Kier alpha value is -2.25. The van der Waals surface area contributed by atoms with Gasteiger partial charge in [-0.3, -0.25) is 9.55 Å². The maximum atomic E-state index is 13.6. The van der Waals surface area contributed by atoms with Gasteiger partial charge >= 0.3 is 5.69 Å². The van der Waals surface area contributed by atoms with Crippen molar-refractivity contribution in [1.82, 2.24) is 14.5 Å². The Bertz CT molecular complexity index is 968. The Morgan fingerprint density at radius 3 is 2.79 bits per heavy atom. The van der Waals surface area contributed by atoms with E-state index >= 15 is 0 Å². The van der Waals surface area contributed by atoms with Crippen LogP contribution in [0.25, 0.3) is 22.3 Å². The minimum absolute atomic E-state index is 0.0357. The third-order valence-electron chi connectivity index (χ3n) is 3.82. The molecule has 3 aromatic rings. The lowest BCUT2D eigenvalue weighted by atomic mass is 10.1. The number of aliphatic hydroxyl groups is 1. The van der Waals surface area contributed by atoms with Crippen molar-refractivity contribution < 1.29 is 13.9 Å². The van der Waals surface area contributed by atoms with Crippen LogP contribution >= 0.6 is 11.6 Å². The number of rotatable bonds is 4. The molecule has 3 rings (SSSR count). The van der Waals surface area contributed by atoms with Crippen LogP contribution in [0.2, 0.25) is 5.02 Å². The van der Waals surface area contributed by atoms with Crippen LogP contribution in [0.5, 0.6) is 0 Å². The van der Waals surface area contributed by atoms with E-state index in [1.165, 1.54) is 16.8 Å². The highest BCUT2D eigenvalue weighted by Crippen LogP contribution is 2.34. The molecule has 126 valence electrons. The molecule has 0 spiro atoms. The number of hydrogen-bond acceptors (Lipinski definition) is 3. The lowest BCUT2D eigenvalue weighted by Gasteiger charge is -2.12. The van der Waals surface area contributed by atoms with Crippen LogP contribution in [-0.4, -0.2) is 25.7 Å². The Morgan fingerprint density at radius 1 is 1.38 bits per heavy atom.